The molecule has 5 nitrogen and oxygen atoms in total. The van der Waals surface area contributed by atoms with Crippen LogP contribution < -0.4 is 10.1 Å². The number of anilines is 1. The second-order valence-corrected chi connectivity index (χ2v) is 9.40. The van der Waals surface area contributed by atoms with Crippen LogP contribution >= 0.6 is 50.7 Å². The van der Waals surface area contributed by atoms with Gasteiger partial charge in [-0.1, -0.05) is 59.1 Å². The molecule has 174 valence electrons. The Bertz CT molecular complexity index is 1320. The first-order valence-corrected chi connectivity index (χ1v) is 11.9. The van der Waals surface area contributed by atoms with E-state index in [2.05, 4.69) is 26.3 Å². The van der Waals surface area contributed by atoms with E-state index < -0.39 is 0 Å². The first-order valence-electron chi connectivity index (χ1n) is 9.93. The van der Waals surface area contributed by atoms with Gasteiger partial charge in [-0.2, -0.15) is 5.10 Å². The van der Waals surface area contributed by atoms with E-state index in [0.717, 1.165) is 11.1 Å². The third-order valence-corrected chi connectivity index (χ3v) is 6.10. The van der Waals surface area contributed by atoms with E-state index in [9.17, 15) is 9.18 Å². The Labute approximate surface area is 218 Å². The third-order valence-electron chi connectivity index (χ3n) is 4.74. The zero-order chi connectivity index (χ0) is 24.2. The minimum absolute atomic E-state index is 0.151. The first-order chi connectivity index (χ1) is 16.3. The quantitative estimate of drug-likeness (QED) is 0.244. The summed E-state index contributed by atoms with van der Waals surface area (Å²) in [6.45, 7) is 0.579. The van der Waals surface area contributed by atoms with E-state index >= 15 is 0 Å². The summed E-state index contributed by atoms with van der Waals surface area (Å²) in [5, 5.41) is 8.20. The van der Waals surface area contributed by atoms with E-state index in [-0.39, 0.29) is 18.3 Å². The average Bonchev–Trinajstić information content (AvgIpc) is 3.13. The Hall–Kier alpha value is -2.58. The molecule has 0 aliphatic carbocycles. The summed E-state index contributed by atoms with van der Waals surface area (Å²) >= 11 is 21.7. The van der Waals surface area contributed by atoms with Crippen LogP contribution in [0.2, 0.25) is 15.1 Å². The van der Waals surface area contributed by atoms with E-state index in [1.165, 1.54) is 12.1 Å². The standard InChI is InChI=1S/C24H16BrCl3FN3O2/c25-19-12-32(11-14-4-6-18(29)7-5-14)31-23(19)30-24(33)16-3-1-2-15(8-16)13-34-22-20(27)9-17(26)10-21(22)28/h1-10,12H,11,13H2,(H,30,31,33). The fourth-order valence-corrected chi connectivity index (χ4v) is 4.48. The molecule has 0 unspecified atom stereocenters. The monoisotopic (exact) mass is 581 g/mol. The minimum Gasteiger partial charge on any atom is -0.486 e. The molecule has 0 aliphatic rings. The van der Waals surface area contributed by atoms with Crippen LogP contribution in [0.4, 0.5) is 10.2 Å². The van der Waals surface area contributed by atoms with E-state index in [1.54, 1.807) is 53.3 Å². The zero-order valence-electron chi connectivity index (χ0n) is 17.4. The number of carbonyl (C=O) groups excluding carboxylic acids is 1. The van der Waals surface area contributed by atoms with Crippen molar-refractivity contribution < 1.29 is 13.9 Å². The van der Waals surface area contributed by atoms with Crippen LogP contribution in [0.5, 0.6) is 5.75 Å². The Kier molecular flexibility index (Phi) is 7.78. The molecule has 0 spiro atoms. The summed E-state index contributed by atoms with van der Waals surface area (Å²) < 4.78 is 21.1. The number of carbonyl (C=O) groups is 1. The van der Waals surface area contributed by atoms with Crippen LogP contribution in [0.15, 0.2) is 71.3 Å². The van der Waals surface area contributed by atoms with Crippen LogP contribution in [0.1, 0.15) is 21.5 Å². The van der Waals surface area contributed by atoms with Gasteiger partial charge in [0, 0.05) is 16.8 Å². The molecular weight excluding hydrogens is 568 g/mol. The molecule has 4 rings (SSSR count). The predicted molar refractivity (Wildman–Crippen MR) is 136 cm³/mol. The van der Waals surface area contributed by atoms with Crippen molar-refractivity contribution in [3.63, 3.8) is 0 Å². The molecule has 1 amide bonds. The number of nitrogens with one attached hydrogen (secondary N) is 1. The SMILES string of the molecule is O=C(Nc1nn(Cc2ccc(F)cc2)cc1Br)c1cccc(COc2c(Cl)cc(Cl)cc2Cl)c1. The van der Waals surface area contributed by atoms with Crippen molar-refractivity contribution in [3.8, 4) is 5.75 Å². The van der Waals surface area contributed by atoms with Crippen LogP contribution in [0.25, 0.3) is 0 Å². The van der Waals surface area contributed by atoms with Crippen molar-refractivity contribution in [2.45, 2.75) is 13.2 Å². The van der Waals surface area contributed by atoms with Crippen LogP contribution in [0.3, 0.4) is 0 Å². The molecule has 1 heterocycles. The predicted octanol–water partition coefficient (Wildman–Crippen LogP) is 7.62. The topological polar surface area (TPSA) is 56.2 Å². The lowest BCUT2D eigenvalue weighted by molar-refractivity contribution is 0.102. The summed E-state index contributed by atoms with van der Waals surface area (Å²) in [4.78, 5) is 12.8. The molecule has 0 saturated heterocycles. The van der Waals surface area contributed by atoms with Gasteiger partial charge in [-0.3, -0.25) is 9.48 Å². The van der Waals surface area contributed by atoms with Gasteiger partial charge in [-0.05, 0) is 63.5 Å². The van der Waals surface area contributed by atoms with Crippen molar-refractivity contribution in [1.29, 1.82) is 0 Å². The minimum atomic E-state index is -0.336. The fourth-order valence-electron chi connectivity index (χ4n) is 3.14. The summed E-state index contributed by atoms with van der Waals surface area (Å²) in [6.07, 6.45) is 1.74. The number of amides is 1. The number of ether oxygens (including phenoxy) is 1. The third kappa shape index (κ3) is 6.10. The summed E-state index contributed by atoms with van der Waals surface area (Å²) in [6, 6.07) is 16.2. The van der Waals surface area contributed by atoms with Crippen molar-refractivity contribution in [3.05, 3.63) is 109 Å². The molecular formula is C24H16BrCl3FN3O2. The second kappa shape index (κ2) is 10.8. The van der Waals surface area contributed by atoms with Gasteiger partial charge < -0.3 is 10.1 Å². The Balaban J connectivity index is 1.42. The molecule has 34 heavy (non-hydrogen) atoms. The normalized spacial score (nSPS) is 10.9. The van der Waals surface area contributed by atoms with Gasteiger partial charge in [0.2, 0.25) is 0 Å². The van der Waals surface area contributed by atoms with Crippen LogP contribution in [0, 0.1) is 5.82 Å². The van der Waals surface area contributed by atoms with Crippen LogP contribution in [-0.4, -0.2) is 15.7 Å². The van der Waals surface area contributed by atoms with Crippen molar-refractivity contribution in [2.75, 3.05) is 5.32 Å². The molecule has 3 aromatic carbocycles. The second-order valence-electron chi connectivity index (χ2n) is 7.29. The lowest BCUT2D eigenvalue weighted by atomic mass is 10.1. The smallest absolute Gasteiger partial charge is 0.256 e. The summed E-state index contributed by atoms with van der Waals surface area (Å²) in [5.74, 6) is 0.0502. The average molecular weight is 584 g/mol. The van der Waals surface area contributed by atoms with Gasteiger partial charge in [0.15, 0.2) is 11.6 Å². The molecule has 1 aromatic heterocycles. The first kappa shape index (κ1) is 24.5. The summed E-state index contributed by atoms with van der Waals surface area (Å²) in [5.41, 5.74) is 2.05. The Morgan fingerprint density at radius 2 is 1.74 bits per heavy atom. The Morgan fingerprint density at radius 1 is 1.03 bits per heavy atom. The number of rotatable bonds is 7. The maximum atomic E-state index is 13.1. The maximum absolute atomic E-state index is 13.1. The largest absolute Gasteiger partial charge is 0.486 e. The number of hydrogen-bond donors (Lipinski definition) is 1. The molecule has 1 N–H and O–H groups in total. The van der Waals surface area contributed by atoms with E-state index in [4.69, 9.17) is 39.5 Å². The van der Waals surface area contributed by atoms with Gasteiger partial charge in [0.25, 0.3) is 5.91 Å². The molecule has 0 saturated carbocycles. The zero-order valence-corrected chi connectivity index (χ0v) is 21.2. The highest BCUT2D eigenvalue weighted by Gasteiger charge is 2.14. The number of nitrogens with zero attached hydrogens (tertiary/aromatic N) is 2. The van der Waals surface area contributed by atoms with Crippen molar-refractivity contribution >= 4 is 62.5 Å². The lowest BCUT2D eigenvalue weighted by Crippen LogP contribution is -2.13. The van der Waals surface area contributed by atoms with Gasteiger partial charge in [0.05, 0.1) is 21.1 Å². The van der Waals surface area contributed by atoms with Crippen molar-refractivity contribution in [1.82, 2.24) is 9.78 Å². The van der Waals surface area contributed by atoms with Crippen LogP contribution in [-0.2, 0) is 13.2 Å². The number of halogens is 5. The van der Waals surface area contributed by atoms with Gasteiger partial charge in [-0.15, -0.1) is 0 Å². The van der Waals surface area contributed by atoms with Gasteiger partial charge in [0.1, 0.15) is 12.4 Å². The lowest BCUT2D eigenvalue weighted by Gasteiger charge is -2.11. The summed E-state index contributed by atoms with van der Waals surface area (Å²) in [7, 11) is 0. The number of benzene rings is 3. The number of aromatic nitrogens is 2. The molecule has 0 fully saturated rings. The maximum Gasteiger partial charge on any atom is 0.256 e. The molecule has 0 bridgehead atoms. The van der Waals surface area contributed by atoms with Gasteiger partial charge in [-0.25, -0.2) is 4.39 Å². The molecule has 0 atom stereocenters. The molecule has 10 heteroatoms. The van der Waals surface area contributed by atoms with Crippen molar-refractivity contribution in [2.24, 2.45) is 0 Å². The molecule has 0 aliphatic heterocycles. The number of hydrogen-bond acceptors (Lipinski definition) is 3. The van der Waals surface area contributed by atoms with E-state index in [0.29, 0.717) is 43.2 Å². The Morgan fingerprint density at radius 3 is 2.44 bits per heavy atom. The molecule has 0 radical (unpaired) electrons. The van der Waals surface area contributed by atoms with Gasteiger partial charge >= 0.3 is 0 Å². The fraction of sp³-hybridized carbons (Fsp3) is 0.0833. The highest BCUT2D eigenvalue weighted by Crippen LogP contribution is 2.36. The highest BCUT2D eigenvalue weighted by atomic mass is 79.9. The molecule has 4 aromatic rings. The highest BCUT2D eigenvalue weighted by molar-refractivity contribution is 9.10. The van der Waals surface area contributed by atoms with E-state index in [1.807, 2.05) is 6.07 Å².